The molecule has 0 aliphatic rings. The van der Waals surface area contributed by atoms with Crippen molar-refractivity contribution in [2.75, 3.05) is 4.90 Å². The van der Waals surface area contributed by atoms with Gasteiger partial charge in [0.05, 0.1) is 11.4 Å². The molecule has 0 atom stereocenters. The van der Waals surface area contributed by atoms with Crippen LogP contribution in [0.5, 0.6) is 0 Å². The van der Waals surface area contributed by atoms with Crippen LogP contribution in [0.4, 0.5) is 15.2 Å². The summed E-state index contributed by atoms with van der Waals surface area (Å²) >= 11 is 1.16. The minimum atomic E-state index is -0.576. The molecule has 9 heteroatoms. The van der Waals surface area contributed by atoms with Gasteiger partial charge in [0, 0.05) is 24.4 Å². The summed E-state index contributed by atoms with van der Waals surface area (Å²) in [6.07, 6.45) is 2.67. The van der Waals surface area contributed by atoms with E-state index in [1.54, 1.807) is 30.5 Å². The molecule has 1 aromatic carbocycles. The lowest BCUT2D eigenvalue weighted by molar-refractivity contribution is -0.139. The summed E-state index contributed by atoms with van der Waals surface area (Å²) in [4.78, 5) is 29.3. The van der Waals surface area contributed by atoms with Crippen LogP contribution >= 0.6 is 11.3 Å². The first-order valence-electron chi connectivity index (χ1n) is 8.22. The largest absolute Gasteiger partial charge is 0.456 e. The second-order valence-corrected chi connectivity index (χ2v) is 6.57. The standard InChI is InChI=1S/C19H16FN3O4S/c1-12-9-15(22-27-12)10-26-18(25)8-7-14-11-28-19(21-14)23(13(2)24)17-6-4-3-5-16(17)20/h3-9,11H,10H2,1-2H3/b8-7+. The number of aryl methyl sites for hydroxylation is 1. The third-order valence-electron chi connectivity index (χ3n) is 3.54. The molecular formula is C19H16FN3O4S. The van der Waals surface area contributed by atoms with E-state index in [-0.39, 0.29) is 18.2 Å². The van der Waals surface area contributed by atoms with E-state index in [4.69, 9.17) is 9.26 Å². The fraction of sp³-hybridized carbons (Fsp3) is 0.158. The van der Waals surface area contributed by atoms with Gasteiger partial charge < -0.3 is 9.26 Å². The molecule has 0 N–H and O–H groups in total. The SMILES string of the molecule is CC(=O)N(c1nc(/C=C/C(=O)OCc2cc(C)on2)cs1)c1ccccc1F. The third-order valence-corrected chi connectivity index (χ3v) is 4.38. The Balaban J connectivity index is 1.68. The van der Waals surface area contributed by atoms with Gasteiger partial charge in [-0.2, -0.15) is 0 Å². The molecule has 0 spiro atoms. The number of aromatic nitrogens is 2. The molecular weight excluding hydrogens is 385 g/mol. The maximum atomic E-state index is 14.1. The number of hydrogen-bond donors (Lipinski definition) is 0. The number of ether oxygens (including phenoxy) is 1. The highest BCUT2D eigenvalue weighted by molar-refractivity contribution is 7.14. The lowest BCUT2D eigenvalue weighted by Crippen LogP contribution is -2.23. The van der Waals surface area contributed by atoms with Crippen molar-refractivity contribution >= 4 is 40.1 Å². The number of nitrogens with zero attached hydrogens (tertiary/aromatic N) is 3. The minimum Gasteiger partial charge on any atom is -0.456 e. The van der Waals surface area contributed by atoms with Crippen LogP contribution in [-0.4, -0.2) is 22.0 Å². The zero-order valence-corrected chi connectivity index (χ0v) is 15.9. The molecule has 0 unspecified atom stereocenters. The van der Waals surface area contributed by atoms with Crippen molar-refractivity contribution in [3.05, 3.63) is 64.8 Å². The van der Waals surface area contributed by atoms with Gasteiger partial charge >= 0.3 is 5.97 Å². The summed E-state index contributed by atoms with van der Waals surface area (Å²) in [6.45, 7) is 3.06. The van der Waals surface area contributed by atoms with Gasteiger partial charge in [0.1, 0.15) is 23.9 Å². The average Bonchev–Trinajstić information content (AvgIpc) is 3.29. The molecule has 3 rings (SSSR count). The summed E-state index contributed by atoms with van der Waals surface area (Å²) in [6, 6.07) is 7.61. The fourth-order valence-corrected chi connectivity index (χ4v) is 3.18. The summed E-state index contributed by atoms with van der Waals surface area (Å²) in [7, 11) is 0. The van der Waals surface area contributed by atoms with Crippen LogP contribution in [0.2, 0.25) is 0 Å². The van der Waals surface area contributed by atoms with E-state index in [0.717, 1.165) is 11.3 Å². The summed E-state index contributed by atoms with van der Waals surface area (Å²) in [5, 5.41) is 5.67. The molecule has 3 aromatic rings. The topological polar surface area (TPSA) is 85.5 Å². The van der Waals surface area contributed by atoms with Crippen LogP contribution < -0.4 is 4.90 Å². The van der Waals surface area contributed by atoms with Crippen LogP contribution in [0, 0.1) is 12.7 Å². The maximum absolute atomic E-state index is 14.1. The molecule has 0 radical (unpaired) electrons. The normalized spacial score (nSPS) is 11.0. The quantitative estimate of drug-likeness (QED) is 0.458. The second-order valence-electron chi connectivity index (χ2n) is 5.73. The number of para-hydroxylation sites is 1. The van der Waals surface area contributed by atoms with Crippen molar-refractivity contribution in [3.8, 4) is 0 Å². The highest BCUT2D eigenvalue weighted by Gasteiger charge is 2.20. The van der Waals surface area contributed by atoms with E-state index in [0.29, 0.717) is 22.3 Å². The van der Waals surface area contributed by atoms with Gasteiger partial charge in [-0.05, 0) is 25.1 Å². The molecule has 0 fully saturated rings. The molecule has 0 aliphatic carbocycles. The molecule has 0 saturated heterocycles. The number of amides is 1. The highest BCUT2D eigenvalue weighted by atomic mass is 32.1. The molecule has 0 saturated carbocycles. The third kappa shape index (κ3) is 4.68. The first-order chi connectivity index (χ1) is 13.4. The number of thiazole rings is 1. The Labute approximate surface area is 164 Å². The number of esters is 1. The maximum Gasteiger partial charge on any atom is 0.331 e. The Kier molecular flexibility index (Phi) is 5.95. The highest BCUT2D eigenvalue weighted by Crippen LogP contribution is 2.30. The number of rotatable bonds is 6. The molecule has 1 amide bonds. The first kappa shape index (κ1) is 19.4. The van der Waals surface area contributed by atoms with E-state index >= 15 is 0 Å². The Morgan fingerprint density at radius 1 is 1.36 bits per heavy atom. The van der Waals surface area contributed by atoms with Crippen LogP contribution in [-0.2, 0) is 20.9 Å². The monoisotopic (exact) mass is 401 g/mol. The zero-order valence-electron chi connectivity index (χ0n) is 15.1. The van der Waals surface area contributed by atoms with Crippen LogP contribution in [0.25, 0.3) is 6.08 Å². The zero-order chi connectivity index (χ0) is 20.1. The van der Waals surface area contributed by atoms with E-state index < -0.39 is 11.8 Å². The van der Waals surface area contributed by atoms with Gasteiger partial charge in [-0.15, -0.1) is 11.3 Å². The van der Waals surface area contributed by atoms with Crippen LogP contribution in [0.15, 0.2) is 46.3 Å². The van der Waals surface area contributed by atoms with Crippen LogP contribution in [0.1, 0.15) is 24.1 Å². The fourth-order valence-electron chi connectivity index (χ4n) is 2.33. The van der Waals surface area contributed by atoms with Gasteiger partial charge in [-0.3, -0.25) is 9.69 Å². The smallest absolute Gasteiger partial charge is 0.331 e. The molecule has 0 bridgehead atoms. The number of anilines is 2. The van der Waals surface area contributed by atoms with E-state index in [2.05, 4.69) is 10.1 Å². The van der Waals surface area contributed by atoms with Crippen molar-refractivity contribution in [1.29, 1.82) is 0 Å². The minimum absolute atomic E-state index is 0.00573. The van der Waals surface area contributed by atoms with Crippen molar-refractivity contribution in [2.24, 2.45) is 0 Å². The Bertz CT molecular complexity index is 1030. The van der Waals surface area contributed by atoms with Crippen LogP contribution in [0.3, 0.4) is 0 Å². The van der Waals surface area contributed by atoms with Gasteiger partial charge in [0.15, 0.2) is 5.13 Å². The summed E-state index contributed by atoms with van der Waals surface area (Å²) in [5.41, 5.74) is 1.07. The lowest BCUT2D eigenvalue weighted by atomic mass is 10.3. The molecule has 2 aromatic heterocycles. The number of carbonyl (C=O) groups is 2. The summed E-state index contributed by atoms with van der Waals surface area (Å²) in [5.74, 6) is -0.858. The molecule has 7 nitrogen and oxygen atoms in total. The van der Waals surface area contributed by atoms with Crippen molar-refractivity contribution < 1.29 is 23.2 Å². The molecule has 144 valence electrons. The Hall–Kier alpha value is -3.33. The number of hydrogen-bond acceptors (Lipinski definition) is 7. The van der Waals surface area contributed by atoms with Gasteiger partial charge in [-0.25, -0.2) is 14.2 Å². The number of benzene rings is 1. The van der Waals surface area contributed by atoms with E-state index in [9.17, 15) is 14.0 Å². The number of halogens is 1. The van der Waals surface area contributed by atoms with Crippen molar-refractivity contribution in [1.82, 2.24) is 10.1 Å². The van der Waals surface area contributed by atoms with Crippen molar-refractivity contribution in [3.63, 3.8) is 0 Å². The number of carbonyl (C=O) groups excluding carboxylic acids is 2. The Morgan fingerprint density at radius 3 is 2.82 bits per heavy atom. The predicted octanol–water partition coefficient (Wildman–Crippen LogP) is 4.02. The molecule has 28 heavy (non-hydrogen) atoms. The first-order valence-corrected chi connectivity index (χ1v) is 9.10. The van der Waals surface area contributed by atoms with Gasteiger partial charge in [0.25, 0.3) is 0 Å². The average molecular weight is 401 g/mol. The van der Waals surface area contributed by atoms with Gasteiger partial charge in [-0.1, -0.05) is 17.3 Å². The molecule has 0 aliphatic heterocycles. The summed E-state index contributed by atoms with van der Waals surface area (Å²) < 4.78 is 24.0. The van der Waals surface area contributed by atoms with E-state index in [1.807, 2.05) is 0 Å². The molecule has 2 heterocycles. The lowest BCUT2D eigenvalue weighted by Gasteiger charge is -2.18. The Morgan fingerprint density at radius 2 is 2.14 bits per heavy atom. The second kappa shape index (κ2) is 8.57. The van der Waals surface area contributed by atoms with E-state index in [1.165, 1.54) is 36.1 Å². The van der Waals surface area contributed by atoms with Crippen molar-refractivity contribution in [2.45, 2.75) is 20.5 Å². The van der Waals surface area contributed by atoms with Gasteiger partial charge in [0.2, 0.25) is 5.91 Å². The predicted molar refractivity (Wildman–Crippen MR) is 101 cm³/mol.